The molecule has 0 amide bonds. The highest BCUT2D eigenvalue weighted by Crippen LogP contribution is 2.24. The lowest BCUT2D eigenvalue weighted by Crippen LogP contribution is -1.83. The molecule has 0 atom stereocenters. The largest absolute Gasteiger partial charge is 0.497 e. The number of benzene rings is 3. The van der Waals surface area contributed by atoms with Gasteiger partial charge in [0.05, 0.1) is 12.8 Å². The molecule has 0 saturated carbocycles. The van der Waals surface area contributed by atoms with Crippen molar-refractivity contribution in [2.45, 2.75) is 0 Å². The summed E-state index contributed by atoms with van der Waals surface area (Å²) in [4.78, 5) is 4.40. The predicted molar refractivity (Wildman–Crippen MR) is 92.1 cm³/mol. The van der Waals surface area contributed by atoms with Gasteiger partial charge in [-0.3, -0.25) is 4.99 Å². The van der Waals surface area contributed by atoms with Crippen molar-refractivity contribution in [3.8, 4) is 16.9 Å². The Kier molecular flexibility index (Phi) is 4.48. The molecule has 3 heteroatoms. The molecule has 0 aliphatic heterocycles. The van der Waals surface area contributed by atoms with Crippen LogP contribution >= 0.6 is 0 Å². The van der Waals surface area contributed by atoms with Gasteiger partial charge in [-0.2, -0.15) is 0 Å². The summed E-state index contributed by atoms with van der Waals surface area (Å²) in [5.74, 6) is 0.597. The molecule has 0 fully saturated rings. The standard InChI is InChI=1S/C20H16FNO/c1-23-20-12-6-17(7-13-20)16-4-10-19(11-5-16)22-14-15-2-8-18(21)9-3-15/h2-14H,1H3. The van der Waals surface area contributed by atoms with Gasteiger partial charge in [0.25, 0.3) is 0 Å². The third-order valence-corrected chi connectivity index (χ3v) is 3.52. The number of hydrogen-bond acceptors (Lipinski definition) is 2. The quantitative estimate of drug-likeness (QED) is 0.603. The summed E-state index contributed by atoms with van der Waals surface area (Å²) in [5.41, 5.74) is 3.96. The Morgan fingerprint density at radius 1 is 0.783 bits per heavy atom. The number of hydrogen-bond donors (Lipinski definition) is 0. The summed E-state index contributed by atoms with van der Waals surface area (Å²) in [6.45, 7) is 0. The van der Waals surface area contributed by atoms with Crippen LogP contribution in [0.4, 0.5) is 10.1 Å². The molecule has 0 bridgehead atoms. The predicted octanol–water partition coefficient (Wildman–Crippen LogP) is 5.25. The van der Waals surface area contributed by atoms with Gasteiger partial charge in [-0.1, -0.05) is 36.4 Å². The average Bonchev–Trinajstić information content (AvgIpc) is 2.62. The zero-order valence-corrected chi connectivity index (χ0v) is 12.7. The van der Waals surface area contributed by atoms with E-state index in [9.17, 15) is 4.39 Å². The Hall–Kier alpha value is -2.94. The Balaban J connectivity index is 1.74. The van der Waals surface area contributed by atoms with E-state index in [1.165, 1.54) is 12.1 Å². The van der Waals surface area contributed by atoms with Crippen molar-refractivity contribution in [3.05, 3.63) is 84.2 Å². The maximum atomic E-state index is 12.9. The molecule has 0 radical (unpaired) electrons. The fourth-order valence-electron chi connectivity index (χ4n) is 2.22. The molecule has 23 heavy (non-hydrogen) atoms. The van der Waals surface area contributed by atoms with Crippen LogP contribution in [-0.2, 0) is 0 Å². The Bertz CT molecular complexity index is 791. The highest BCUT2D eigenvalue weighted by molar-refractivity contribution is 5.82. The smallest absolute Gasteiger partial charge is 0.123 e. The summed E-state index contributed by atoms with van der Waals surface area (Å²) >= 11 is 0. The maximum Gasteiger partial charge on any atom is 0.123 e. The van der Waals surface area contributed by atoms with E-state index >= 15 is 0 Å². The maximum absolute atomic E-state index is 12.9. The normalized spacial score (nSPS) is 10.9. The van der Waals surface area contributed by atoms with Crippen LogP contribution in [0.5, 0.6) is 5.75 Å². The second kappa shape index (κ2) is 6.88. The van der Waals surface area contributed by atoms with E-state index in [1.54, 1.807) is 25.5 Å². The molecular formula is C20H16FNO. The van der Waals surface area contributed by atoms with Crippen LogP contribution in [-0.4, -0.2) is 13.3 Å². The van der Waals surface area contributed by atoms with Crippen molar-refractivity contribution in [1.29, 1.82) is 0 Å². The number of nitrogens with zero attached hydrogens (tertiary/aromatic N) is 1. The lowest BCUT2D eigenvalue weighted by Gasteiger charge is -2.04. The van der Waals surface area contributed by atoms with Crippen LogP contribution in [0.15, 0.2) is 77.8 Å². The number of rotatable bonds is 4. The topological polar surface area (TPSA) is 21.6 Å². The number of aliphatic imine (C=N–C) groups is 1. The van der Waals surface area contributed by atoms with Crippen LogP contribution < -0.4 is 4.74 Å². The van der Waals surface area contributed by atoms with Crippen LogP contribution in [0, 0.1) is 5.82 Å². The summed E-state index contributed by atoms with van der Waals surface area (Å²) in [5, 5.41) is 0. The van der Waals surface area contributed by atoms with E-state index in [0.29, 0.717) is 0 Å². The first kappa shape index (κ1) is 15.0. The van der Waals surface area contributed by atoms with E-state index in [0.717, 1.165) is 28.1 Å². The van der Waals surface area contributed by atoms with Gasteiger partial charge in [0.2, 0.25) is 0 Å². The minimum Gasteiger partial charge on any atom is -0.497 e. The van der Waals surface area contributed by atoms with Gasteiger partial charge in [0, 0.05) is 6.21 Å². The van der Waals surface area contributed by atoms with Gasteiger partial charge in [-0.15, -0.1) is 0 Å². The van der Waals surface area contributed by atoms with Gasteiger partial charge in [0.15, 0.2) is 0 Å². The van der Waals surface area contributed by atoms with Crippen molar-refractivity contribution < 1.29 is 9.13 Å². The van der Waals surface area contributed by atoms with Crippen molar-refractivity contribution >= 4 is 11.9 Å². The first-order chi connectivity index (χ1) is 11.2. The first-order valence-electron chi connectivity index (χ1n) is 7.29. The summed E-state index contributed by atoms with van der Waals surface area (Å²) in [6.07, 6.45) is 1.72. The average molecular weight is 305 g/mol. The summed E-state index contributed by atoms with van der Waals surface area (Å²) in [6, 6.07) is 22.1. The molecule has 0 N–H and O–H groups in total. The lowest BCUT2D eigenvalue weighted by atomic mass is 10.1. The molecule has 0 aliphatic rings. The SMILES string of the molecule is COc1ccc(-c2ccc(N=Cc3ccc(F)cc3)cc2)cc1. The zero-order chi connectivity index (χ0) is 16.1. The molecule has 0 aliphatic carbocycles. The molecule has 0 saturated heterocycles. The van der Waals surface area contributed by atoms with E-state index in [1.807, 2.05) is 48.5 Å². The second-order valence-electron chi connectivity index (χ2n) is 5.09. The van der Waals surface area contributed by atoms with Crippen molar-refractivity contribution in [3.63, 3.8) is 0 Å². The van der Waals surface area contributed by atoms with E-state index in [-0.39, 0.29) is 5.82 Å². The van der Waals surface area contributed by atoms with Gasteiger partial charge >= 0.3 is 0 Å². The number of ether oxygens (including phenoxy) is 1. The number of methoxy groups -OCH3 is 1. The Morgan fingerprint density at radius 3 is 1.91 bits per heavy atom. The molecule has 3 aromatic carbocycles. The number of halogens is 1. The molecule has 0 aromatic heterocycles. The summed E-state index contributed by atoms with van der Waals surface area (Å²) in [7, 11) is 1.66. The molecule has 2 nitrogen and oxygen atoms in total. The molecule has 3 aromatic rings. The monoisotopic (exact) mass is 305 g/mol. The fourth-order valence-corrected chi connectivity index (χ4v) is 2.22. The van der Waals surface area contributed by atoms with E-state index in [4.69, 9.17) is 4.74 Å². The van der Waals surface area contributed by atoms with Crippen LogP contribution in [0.1, 0.15) is 5.56 Å². The van der Waals surface area contributed by atoms with Gasteiger partial charge in [0.1, 0.15) is 11.6 Å². The molecule has 0 heterocycles. The molecular weight excluding hydrogens is 289 g/mol. The third-order valence-electron chi connectivity index (χ3n) is 3.52. The van der Waals surface area contributed by atoms with Crippen LogP contribution in [0.2, 0.25) is 0 Å². The molecule has 114 valence electrons. The van der Waals surface area contributed by atoms with Gasteiger partial charge in [-0.05, 0) is 53.1 Å². The molecule has 3 rings (SSSR count). The molecule has 0 spiro atoms. The second-order valence-corrected chi connectivity index (χ2v) is 5.09. The van der Waals surface area contributed by atoms with E-state index < -0.39 is 0 Å². The first-order valence-corrected chi connectivity index (χ1v) is 7.29. The fraction of sp³-hybridized carbons (Fsp3) is 0.0500. The Labute approximate surface area is 134 Å². The van der Waals surface area contributed by atoms with Crippen molar-refractivity contribution in [2.24, 2.45) is 4.99 Å². The lowest BCUT2D eigenvalue weighted by molar-refractivity contribution is 0.415. The van der Waals surface area contributed by atoms with Crippen molar-refractivity contribution in [2.75, 3.05) is 7.11 Å². The molecule has 0 unspecified atom stereocenters. The van der Waals surface area contributed by atoms with Crippen molar-refractivity contribution in [1.82, 2.24) is 0 Å². The van der Waals surface area contributed by atoms with E-state index in [2.05, 4.69) is 4.99 Å². The van der Waals surface area contributed by atoms with Gasteiger partial charge < -0.3 is 4.74 Å². The minimum absolute atomic E-state index is 0.244. The highest BCUT2D eigenvalue weighted by atomic mass is 19.1. The summed E-state index contributed by atoms with van der Waals surface area (Å²) < 4.78 is 18.0. The van der Waals surface area contributed by atoms with Crippen LogP contribution in [0.25, 0.3) is 11.1 Å². The van der Waals surface area contributed by atoms with Crippen LogP contribution in [0.3, 0.4) is 0 Å². The van der Waals surface area contributed by atoms with Gasteiger partial charge in [-0.25, -0.2) is 4.39 Å². The third kappa shape index (κ3) is 3.83. The Morgan fingerprint density at radius 2 is 1.35 bits per heavy atom. The minimum atomic E-state index is -0.244. The zero-order valence-electron chi connectivity index (χ0n) is 12.7. The highest BCUT2D eigenvalue weighted by Gasteiger charge is 1.98.